The summed E-state index contributed by atoms with van der Waals surface area (Å²) in [7, 11) is 0. The Kier molecular flexibility index (Phi) is 2.75. The molecule has 0 atom stereocenters. The monoisotopic (exact) mass is 277 g/mol. The number of imidazole rings is 1. The van der Waals surface area contributed by atoms with Gasteiger partial charge in [-0.05, 0) is 12.1 Å². The number of rotatable bonds is 3. The highest BCUT2D eigenvalue weighted by Gasteiger charge is 2.12. The van der Waals surface area contributed by atoms with Gasteiger partial charge in [0.2, 0.25) is 0 Å². The van der Waals surface area contributed by atoms with Crippen molar-refractivity contribution in [3.8, 4) is 11.4 Å². The fourth-order valence-electron chi connectivity index (χ4n) is 1.76. The summed E-state index contributed by atoms with van der Waals surface area (Å²) in [6, 6.07) is 2.85. The second-order valence-electron chi connectivity index (χ2n) is 3.94. The highest BCUT2D eigenvalue weighted by molar-refractivity contribution is 7.15. The molecule has 0 bridgehead atoms. The van der Waals surface area contributed by atoms with Gasteiger partial charge in [-0.25, -0.2) is 9.37 Å². The zero-order valence-corrected chi connectivity index (χ0v) is 10.4. The Hall–Kier alpha value is -2.28. The van der Waals surface area contributed by atoms with E-state index >= 15 is 0 Å². The van der Waals surface area contributed by atoms with Crippen molar-refractivity contribution >= 4 is 22.3 Å². The van der Waals surface area contributed by atoms with Gasteiger partial charge in [0.25, 0.3) is 0 Å². The predicted octanol–water partition coefficient (Wildman–Crippen LogP) is 2.22. The second-order valence-corrected chi connectivity index (χ2v) is 4.77. The van der Waals surface area contributed by atoms with Gasteiger partial charge in [0.05, 0.1) is 18.3 Å². The first-order valence-electron chi connectivity index (χ1n) is 5.42. The number of aliphatic carboxylic acids is 1. The fraction of sp³-hybridized carbons (Fsp3) is 0.0833. The van der Waals surface area contributed by atoms with Gasteiger partial charge in [0.15, 0.2) is 4.96 Å². The van der Waals surface area contributed by atoms with Crippen molar-refractivity contribution < 1.29 is 14.3 Å². The number of carboxylic acid groups (broad SMARTS) is 1. The molecule has 5 nitrogen and oxygen atoms in total. The van der Waals surface area contributed by atoms with Crippen LogP contribution in [0.15, 0.2) is 29.9 Å². The van der Waals surface area contributed by atoms with Crippen LogP contribution in [-0.2, 0) is 11.2 Å². The van der Waals surface area contributed by atoms with Gasteiger partial charge in [-0.2, -0.15) is 0 Å². The number of nitrogens with zero attached hydrogens (tertiary/aromatic N) is 3. The Morgan fingerprint density at radius 1 is 1.42 bits per heavy atom. The summed E-state index contributed by atoms with van der Waals surface area (Å²) in [5, 5.41) is 10.6. The molecular weight excluding hydrogens is 269 g/mol. The molecule has 0 spiro atoms. The van der Waals surface area contributed by atoms with Gasteiger partial charge in [0.1, 0.15) is 11.5 Å². The summed E-state index contributed by atoms with van der Waals surface area (Å²) in [5.41, 5.74) is 1.81. The summed E-state index contributed by atoms with van der Waals surface area (Å²) >= 11 is 1.36. The Bertz CT molecular complexity index is 748. The Balaban J connectivity index is 2.04. The minimum absolute atomic E-state index is 0.0629. The van der Waals surface area contributed by atoms with Crippen LogP contribution >= 0.6 is 11.3 Å². The number of thiazole rings is 1. The van der Waals surface area contributed by atoms with Gasteiger partial charge in [-0.15, -0.1) is 11.3 Å². The summed E-state index contributed by atoms with van der Waals surface area (Å²) < 4.78 is 14.5. The first-order chi connectivity index (χ1) is 9.13. The van der Waals surface area contributed by atoms with Gasteiger partial charge < -0.3 is 5.11 Å². The lowest BCUT2D eigenvalue weighted by atomic mass is 10.3. The van der Waals surface area contributed by atoms with Crippen molar-refractivity contribution in [1.29, 1.82) is 0 Å². The average molecular weight is 277 g/mol. The maximum atomic E-state index is 12.8. The van der Waals surface area contributed by atoms with Crippen LogP contribution in [0.4, 0.5) is 4.39 Å². The lowest BCUT2D eigenvalue weighted by Crippen LogP contribution is -2.02. The highest BCUT2D eigenvalue weighted by atomic mass is 32.1. The molecule has 0 unspecified atom stereocenters. The number of carbonyl (C=O) groups is 1. The summed E-state index contributed by atoms with van der Waals surface area (Å²) in [4.78, 5) is 19.7. The third kappa shape index (κ3) is 2.19. The van der Waals surface area contributed by atoms with Crippen molar-refractivity contribution in [3.05, 3.63) is 41.4 Å². The molecular formula is C12H8FN3O2S. The van der Waals surface area contributed by atoms with E-state index in [0.717, 1.165) is 6.20 Å². The van der Waals surface area contributed by atoms with Crippen LogP contribution in [0.5, 0.6) is 0 Å². The lowest BCUT2D eigenvalue weighted by Gasteiger charge is -1.95. The smallest absolute Gasteiger partial charge is 0.309 e. The van der Waals surface area contributed by atoms with Crippen molar-refractivity contribution in [2.75, 3.05) is 0 Å². The fourth-order valence-corrected chi connectivity index (χ4v) is 2.64. The van der Waals surface area contributed by atoms with Gasteiger partial charge >= 0.3 is 5.97 Å². The standard InChI is InChI=1S/C12H8FN3O2S/c13-7-1-2-9(14-4-7)10-5-16-8(3-11(17)18)6-19-12(16)15-10/h1-2,4-6H,3H2,(H,17,18). The number of carboxylic acids is 1. The van der Waals surface area contributed by atoms with E-state index in [2.05, 4.69) is 9.97 Å². The van der Waals surface area contributed by atoms with Gasteiger partial charge in [-0.3, -0.25) is 14.2 Å². The van der Waals surface area contributed by atoms with E-state index in [1.165, 1.54) is 17.4 Å². The average Bonchev–Trinajstić information content (AvgIpc) is 2.92. The number of hydrogen-bond acceptors (Lipinski definition) is 4. The van der Waals surface area contributed by atoms with E-state index < -0.39 is 11.8 Å². The lowest BCUT2D eigenvalue weighted by molar-refractivity contribution is -0.136. The maximum absolute atomic E-state index is 12.8. The van der Waals surface area contributed by atoms with Crippen LogP contribution in [0.2, 0.25) is 0 Å². The molecule has 19 heavy (non-hydrogen) atoms. The number of hydrogen-bond donors (Lipinski definition) is 1. The molecule has 3 aromatic rings. The molecule has 3 aromatic heterocycles. The molecule has 3 rings (SSSR count). The van der Waals surface area contributed by atoms with Crippen LogP contribution in [0, 0.1) is 5.82 Å². The molecule has 3 heterocycles. The molecule has 1 N–H and O–H groups in total. The Labute approximate surface area is 111 Å². The zero-order chi connectivity index (χ0) is 13.4. The summed E-state index contributed by atoms with van der Waals surface area (Å²) in [6.07, 6.45) is 2.78. The topological polar surface area (TPSA) is 67.5 Å². The number of aromatic nitrogens is 3. The van der Waals surface area contributed by atoms with Crippen molar-refractivity contribution in [2.24, 2.45) is 0 Å². The minimum atomic E-state index is -0.894. The molecule has 0 fully saturated rings. The second kappa shape index (κ2) is 4.43. The normalized spacial score (nSPS) is 11.0. The number of halogens is 1. The molecule has 0 aromatic carbocycles. The largest absolute Gasteiger partial charge is 0.481 e. The van der Waals surface area contributed by atoms with Crippen LogP contribution in [-0.4, -0.2) is 25.4 Å². The molecule has 96 valence electrons. The molecule has 0 amide bonds. The molecule has 0 aliphatic heterocycles. The quantitative estimate of drug-likeness (QED) is 0.797. The van der Waals surface area contributed by atoms with E-state index in [-0.39, 0.29) is 6.42 Å². The Morgan fingerprint density at radius 3 is 2.95 bits per heavy atom. The van der Waals surface area contributed by atoms with E-state index in [4.69, 9.17) is 5.11 Å². The number of pyridine rings is 1. The van der Waals surface area contributed by atoms with E-state index in [0.29, 0.717) is 22.0 Å². The number of fused-ring (bicyclic) bond motifs is 1. The molecule has 0 saturated heterocycles. The third-order valence-corrected chi connectivity index (χ3v) is 3.49. The Morgan fingerprint density at radius 2 is 2.26 bits per heavy atom. The molecule has 0 aliphatic carbocycles. The van der Waals surface area contributed by atoms with Crippen molar-refractivity contribution in [1.82, 2.24) is 14.4 Å². The van der Waals surface area contributed by atoms with E-state index in [1.54, 1.807) is 22.0 Å². The van der Waals surface area contributed by atoms with Crippen LogP contribution < -0.4 is 0 Å². The van der Waals surface area contributed by atoms with Crippen LogP contribution in [0.1, 0.15) is 5.69 Å². The third-order valence-electron chi connectivity index (χ3n) is 2.61. The van der Waals surface area contributed by atoms with Crippen molar-refractivity contribution in [2.45, 2.75) is 6.42 Å². The van der Waals surface area contributed by atoms with Crippen molar-refractivity contribution in [3.63, 3.8) is 0 Å². The van der Waals surface area contributed by atoms with E-state index in [1.807, 2.05) is 0 Å². The highest BCUT2D eigenvalue weighted by Crippen LogP contribution is 2.22. The minimum Gasteiger partial charge on any atom is -0.481 e. The SMILES string of the molecule is O=C(O)Cc1csc2nc(-c3ccc(F)cn3)cn12. The molecule has 7 heteroatoms. The predicted molar refractivity (Wildman–Crippen MR) is 67.6 cm³/mol. The maximum Gasteiger partial charge on any atom is 0.309 e. The zero-order valence-electron chi connectivity index (χ0n) is 9.58. The van der Waals surface area contributed by atoms with Gasteiger partial charge in [0, 0.05) is 17.3 Å². The molecule has 0 saturated carbocycles. The summed E-state index contributed by atoms with van der Waals surface area (Å²) in [5.74, 6) is -1.30. The molecule has 0 aliphatic rings. The first kappa shape index (κ1) is 11.8. The molecule has 0 radical (unpaired) electrons. The first-order valence-corrected chi connectivity index (χ1v) is 6.30. The van der Waals surface area contributed by atoms with Crippen LogP contribution in [0.3, 0.4) is 0 Å². The summed E-state index contributed by atoms with van der Waals surface area (Å²) in [6.45, 7) is 0. The van der Waals surface area contributed by atoms with Crippen LogP contribution in [0.25, 0.3) is 16.3 Å². The van der Waals surface area contributed by atoms with E-state index in [9.17, 15) is 9.18 Å². The van der Waals surface area contributed by atoms with Gasteiger partial charge in [-0.1, -0.05) is 0 Å².